The van der Waals surface area contributed by atoms with E-state index in [1.54, 1.807) is 31.4 Å². The van der Waals surface area contributed by atoms with Crippen LogP contribution >= 0.6 is 0 Å². The van der Waals surface area contributed by atoms with Crippen LogP contribution in [0.15, 0.2) is 84.0 Å². The fraction of sp³-hybridized carbons (Fsp3) is 0.375. The van der Waals surface area contributed by atoms with Gasteiger partial charge in [0.1, 0.15) is 23.8 Å². The Morgan fingerprint density at radius 1 is 0.811 bits per heavy atom. The van der Waals surface area contributed by atoms with Crippen molar-refractivity contribution in [3.8, 4) is 11.5 Å². The minimum atomic E-state index is -0.281. The lowest BCUT2D eigenvalue weighted by atomic mass is 9.48. The van der Waals surface area contributed by atoms with Gasteiger partial charge in [0, 0.05) is 11.1 Å². The first kappa shape index (κ1) is 23.8. The van der Waals surface area contributed by atoms with Gasteiger partial charge in [0.05, 0.1) is 7.11 Å². The van der Waals surface area contributed by atoms with Crippen LogP contribution < -0.4 is 14.9 Å². The topological polar surface area (TPSA) is 59.9 Å². The van der Waals surface area contributed by atoms with Crippen molar-refractivity contribution >= 4 is 11.6 Å². The second-order valence-electron chi connectivity index (χ2n) is 11.1. The minimum absolute atomic E-state index is 0.254. The van der Waals surface area contributed by atoms with Gasteiger partial charge in [-0.1, -0.05) is 42.5 Å². The van der Waals surface area contributed by atoms with Crippen LogP contribution in [0.25, 0.3) is 0 Å². The summed E-state index contributed by atoms with van der Waals surface area (Å²) in [5.74, 6) is 4.03. The number of rotatable bonds is 8. The molecule has 4 aliphatic carbocycles. The summed E-state index contributed by atoms with van der Waals surface area (Å²) in [5.41, 5.74) is 6.63. The molecule has 5 nitrogen and oxygen atoms in total. The molecule has 4 aliphatic rings. The molecule has 0 radical (unpaired) electrons. The third kappa shape index (κ3) is 5.00. The van der Waals surface area contributed by atoms with E-state index in [9.17, 15) is 4.79 Å². The van der Waals surface area contributed by atoms with Gasteiger partial charge in [0.15, 0.2) is 0 Å². The average molecular weight is 495 g/mol. The highest BCUT2D eigenvalue weighted by molar-refractivity contribution is 6.03. The van der Waals surface area contributed by atoms with Crippen LogP contribution in [0.1, 0.15) is 60.0 Å². The molecule has 37 heavy (non-hydrogen) atoms. The molecule has 0 saturated heterocycles. The maximum Gasteiger partial charge on any atom is 0.271 e. The molecule has 3 aromatic carbocycles. The molecule has 7 rings (SSSR count). The maximum atomic E-state index is 12.7. The molecule has 1 N–H and O–H groups in total. The molecular weight excluding hydrogens is 460 g/mol. The zero-order chi connectivity index (χ0) is 25.2. The van der Waals surface area contributed by atoms with E-state index in [1.165, 1.54) is 44.1 Å². The summed E-state index contributed by atoms with van der Waals surface area (Å²) < 4.78 is 11.3. The fourth-order valence-electron chi connectivity index (χ4n) is 7.26. The lowest BCUT2D eigenvalue weighted by Gasteiger charge is -2.57. The van der Waals surface area contributed by atoms with Crippen LogP contribution in [0.2, 0.25) is 0 Å². The molecule has 4 bridgehead atoms. The zero-order valence-corrected chi connectivity index (χ0v) is 21.4. The van der Waals surface area contributed by atoms with Crippen molar-refractivity contribution in [2.45, 2.75) is 43.9 Å². The van der Waals surface area contributed by atoms with E-state index in [1.807, 2.05) is 30.3 Å². The van der Waals surface area contributed by atoms with Crippen LogP contribution in [0.3, 0.4) is 0 Å². The quantitative estimate of drug-likeness (QED) is 0.292. The maximum absolute atomic E-state index is 12.7. The number of nitrogens with one attached hydrogen (secondary N) is 1. The zero-order valence-electron chi connectivity index (χ0n) is 21.4. The van der Waals surface area contributed by atoms with E-state index in [4.69, 9.17) is 9.47 Å². The molecule has 0 atom stereocenters. The number of nitrogens with zero attached hydrogens (tertiary/aromatic N) is 1. The Bertz CT molecular complexity index is 1230. The van der Waals surface area contributed by atoms with Gasteiger partial charge in [-0.15, -0.1) is 0 Å². The number of carbonyl (C=O) groups excluding carboxylic acids is 1. The third-order valence-electron chi connectivity index (χ3n) is 8.63. The Labute approximate surface area is 218 Å². The van der Waals surface area contributed by atoms with Crippen LogP contribution in [0, 0.1) is 17.8 Å². The second kappa shape index (κ2) is 10.0. The normalized spacial score (nSPS) is 26.1. The molecule has 190 valence electrons. The SMILES string of the molecule is COc1ccc(C(=O)N/N=C(/COc2ccc(C34CC5CC(CC(C5)C3)C4)cc2)c2ccccc2)cc1. The summed E-state index contributed by atoms with van der Waals surface area (Å²) in [4.78, 5) is 12.7. The van der Waals surface area contributed by atoms with E-state index in [0.717, 1.165) is 29.1 Å². The van der Waals surface area contributed by atoms with Gasteiger partial charge in [-0.2, -0.15) is 5.10 Å². The lowest BCUT2D eigenvalue weighted by Crippen LogP contribution is -2.48. The van der Waals surface area contributed by atoms with E-state index in [-0.39, 0.29) is 12.5 Å². The molecule has 0 aromatic heterocycles. The standard InChI is InChI=1S/C32H34N2O3/c1-36-28-11-7-26(8-12-28)31(35)34-33-30(25-5-3-2-4-6-25)21-37-29-13-9-27(10-14-29)32-18-22-15-23(19-32)17-24(16-22)20-32/h2-14,22-24H,15-21H2,1H3,(H,34,35)/b33-30-. The van der Waals surface area contributed by atoms with E-state index < -0.39 is 0 Å². The first-order valence-corrected chi connectivity index (χ1v) is 13.4. The number of benzene rings is 3. The minimum Gasteiger partial charge on any atom is -0.497 e. The summed E-state index contributed by atoms with van der Waals surface area (Å²) in [5, 5.41) is 4.43. The Morgan fingerprint density at radius 2 is 1.41 bits per heavy atom. The molecule has 4 saturated carbocycles. The first-order valence-electron chi connectivity index (χ1n) is 13.4. The average Bonchev–Trinajstić information content (AvgIpc) is 2.93. The smallest absolute Gasteiger partial charge is 0.271 e. The molecule has 4 fully saturated rings. The van der Waals surface area contributed by atoms with Crippen molar-refractivity contribution in [2.75, 3.05) is 13.7 Å². The van der Waals surface area contributed by atoms with Gasteiger partial charge >= 0.3 is 0 Å². The Kier molecular flexibility index (Phi) is 6.45. The van der Waals surface area contributed by atoms with Gasteiger partial charge in [-0.05, 0) is 104 Å². The van der Waals surface area contributed by atoms with Crippen molar-refractivity contribution in [3.05, 3.63) is 95.6 Å². The molecule has 0 unspecified atom stereocenters. The summed E-state index contributed by atoms with van der Waals surface area (Å²) in [6.45, 7) is 0.254. The Balaban J connectivity index is 1.14. The lowest BCUT2D eigenvalue weighted by molar-refractivity contribution is -0.00520. The van der Waals surface area contributed by atoms with Gasteiger partial charge < -0.3 is 9.47 Å². The molecule has 0 aliphatic heterocycles. The monoisotopic (exact) mass is 494 g/mol. The molecule has 0 heterocycles. The predicted molar refractivity (Wildman–Crippen MR) is 145 cm³/mol. The summed E-state index contributed by atoms with van der Waals surface area (Å²) >= 11 is 0. The van der Waals surface area contributed by atoms with Gasteiger partial charge in [-0.3, -0.25) is 4.79 Å². The second-order valence-corrected chi connectivity index (χ2v) is 11.1. The highest BCUT2D eigenvalue weighted by atomic mass is 16.5. The summed E-state index contributed by atoms with van der Waals surface area (Å²) in [6, 6.07) is 25.5. The van der Waals surface area contributed by atoms with Crippen LogP contribution in [0.4, 0.5) is 0 Å². The Morgan fingerprint density at radius 3 is 2.00 bits per heavy atom. The highest BCUT2D eigenvalue weighted by Gasteiger charge is 2.51. The number of carbonyl (C=O) groups is 1. The van der Waals surface area contributed by atoms with Gasteiger partial charge in [-0.25, -0.2) is 5.43 Å². The molecule has 3 aromatic rings. The largest absolute Gasteiger partial charge is 0.497 e. The molecule has 5 heteroatoms. The number of amides is 1. The van der Waals surface area contributed by atoms with Crippen LogP contribution in [-0.4, -0.2) is 25.3 Å². The van der Waals surface area contributed by atoms with E-state index >= 15 is 0 Å². The van der Waals surface area contributed by atoms with Gasteiger partial charge in [0.25, 0.3) is 5.91 Å². The summed E-state index contributed by atoms with van der Waals surface area (Å²) in [7, 11) is 1.60. The molecular formula is C32H34N2O3. The van der Waals surface area contributed by atoms with Crippen molar-refractivity contribution in [1.82, 2.24) is 5.43 Å². The number of hydrazone groups is 1. The first-order chi connectivity index (χ1) is 18.1. The van der Waals surface area contributed by atoms with Gasteiger partial charge in [0.2, 0.25) is 0 Å². The predicted octanol–water partition coefficient (Wildman–Crippen LogP) is 6.38. The van der Waals surface area contributed by atoms with Crippen molar-refractivity contribution in [2.24, 2.45) is 22.9 Å². The third-order valence-corrected chi connectivity index (χ3v) is 8.63. The van der Waals surface area contributed by atoms with E-state index in [2.05, 4.69) is 34.8 Å². The number of ether oxygens (including phenoxy) is 2. The molecule has 1 amide bonds. The fourth-order valence-corrected chi connectivity index (χ4v) is 7.26. The van der Waals surface area contributed by atoms with Crippen LogP contribution in [0.5, 0.6) is 11.5 Å². The Hall–Kier alpha value is -3.60. The molecule has 0 spiro atoms. The van der Waals surface area contributed by atoms with Crippen LogP contribution in [-0.2, 0) is 5.41 Å². The van der Waals surface area contributed by atoms with Crippen molar-refractivity contribution in [3.63, 3.8) is 0 Å². The van der Waals surface area contributed by atoms with Crippen molar-refractivity contribution < 1.29 is 14.3 Å². The highest BCUT2D eigenvalue weighted by Crippen LogP contribution is 2.60. The summed E-state index contributed by atoms with van der Waals surface area (Å²) in [6.07, 6.45) is 8.44. The number of hydrogen-bond donors (Lipinski definition) is 1. The van der Waals surface area contributed by atoms with E-state index in [0.29, 0.717) is 22.4 Å². The van der Waals surface area contributed by atoms with Crippen molar-refractivity contribution in [1.29, 1.82) is 0 Å². The number of methoxy groups -OCH3 is 1. The number of hydrogen-bond acceptors (Lipinski definition) is 4.